The Kier molecular flexibility index (Phi) is 5.97. The highest BCUT2D eigenvalue weighted by atomic mass is 35.5. The highest BCUT2D eigenvalue weighted by Gasteiger charge is 2.53. The van der Waals surface area contributed by atoms with Crippen LogP contribution in [0.3, 0.4) is 0 Å². The number of benzene rings is 2. The van der Waals surface area contributed by atoms with Gasteiger partial charge in [0, 0.05) is 37.3 Å². The summed E-state index contributed by atoms with van der Waals surface area (Å²) in [5.41, 5.74) is 3.33. The van der Waals surface area contributed by atoms with Crippen molar-refractivity contribution in [2.45, 2.75) is 31.5 Å². The number of aliphatic hydroxyl groups excluding tert-OH is 1. The smallest absolute Gasteiger partial charge is 0.131 e. The first kappa shape index (κ1) is 21.0. The number of aliphatic hydroxyl groups is 1. The predicted molar refractivity (Wildman–Crippen MR) is 126 cm³/mol. The quantitative estimate of drug-likeness (QED) is 0.431. The van der Waals surface area contributed by atoms with Crippen molar-refractivity contribution in [1.29, 1.82) is 0 Å². The maximum Gasteiger partial charge on any atom is 0.131 e. The Bertz CT molecular complexity index is 1020. The number of halogens is 1. The van der Waals surface area contributed by atoms with Crippen molar-refractivity contribution < 1.29 is 11.0 Å². The molecule has 5 atom stereocenters. The number of piperidine rings is 3. The van der Waals surface area contributed by atoms with Crippen LogP contribution in [0.2, 0.25) is 0 Å². The van der Waals surface area contributed by atoms with Crippen molar-refractivity contribution in [2.75, 3.05) is 13.1 Å². The normalized spacial score (nSPS) is 28.6. The minimum atomic E-state index is -0.486. The zero-order valence-corrected chi connectivity index (χ0v) is 18.0. The summed E-state index contributed by atoms with van der Waals surface area (Å²) in [5.74, 6) is 1.18. The van der Waals surface area contributed by atoms with Crippen LogP contribution >= 0.6 is 12.4 Å². The molecule has 30 heavy (non-hydrogen) atoms. The molecule has 0 saturated carbocycles. The van der Waals surface area contributed by atoms with Gasteiger partial charge >= 0.3 is 0 Å². The van der Waals surface area contributed by atoms with Crippen LogP contribution in [0.1, 0.15) is 31.5 Å². The van der Waals surface area contributed by atoms with Gasteiger partial charge in [-0.25, -0.2) is 0 Å². The van der Waals surface area contributed by atoms with Crippen molar-refractivity contribution in [2.24, 2.45) is 11.8 Å². The van der Waals surface area contributed by atoms with Crippen LogP contribution in [0.15, 0.2) is 79.5 Å². The number of hydrogen-bond donors (Lipinski definition) is 1. The molecule has 1 aromatic heterocycles. The van der Waals surface area contributed by atoms with Gasteiger partial charge in [-0.3, -0.25) is 4.98 Å². The van der Waals surface area contributed by atoms with Gasteiger partial charge < -0.3 is 9.59 Å². The molecule has 3 aliphatic heterocycles. The molecule has 4 heteroatoms. The van der Waals surface area contributed by atoms with Crippen LogP contribution in [0.4, 0.5) is 0 Å². The lowest BCUT2D eigenvalue weighted by Crippen LogP contribution is -2.67. The van der Waals surface area contributed by atoms with Crippen LogP contribution in [0, 0.1) is 11.8 Å². The molecule has 0 spiro atoms. The third kappa shape index (κ3) is 3.56. The van der Waals surface area contributed by atoms with E-state index in [4.69, 9.17) is 0 Å². The molecule has 0 amide bonds. The molecule has 1 N–H and O–H groups in total. The summed E-state index contributed by atoms with van der Waals surface area (Å²) < 4.78 is 0.953. The topological polar surface area (TPSA) is 33.1 Å². The Labute approximate surface area is 186 Å². The first-order valence-electron chi connectivity index (χ1n) is 10.7. The molecule has 3 aromatic rings. The van der Waals surface area contributed by atoms with Gasteiger partial charge in [0.05, 0.1) is 18.6 Å². The number of pyridine rings is 1. The van der Waals surface area contributed by atoms with Crippen molar-refractivity contribution in [1.82, 2.24) is 4.98 Å². The van der Waals surface area contributed by atoms with Gasteiger partial charge in [-0.05, 0) is 23.6 Å². The molecule has 3 fully saturated rings. The Morgan fingerprint density at radius 1 is 1.13 bits per heavy atom. The van der Waals surface area contributed by atoms with Crippen LogP contribution < -0.4 is 0 Å². The molecular formula is C26H32ClN2O+. The third-order valence-corrected chi connectivity index (χ3v) is 7.38. The Hall–Kier alpha value is -2.20. The highest BCUT2D eigenvalue weighted by molar-refractivity contribution is 5.85. The summed E-state index contributed by atoms with van der Waals surface area (Å²) in [6.45, 7) is 7.32. The maximum atomic E-state index is 11.7. The van der Waals surface area contributed by atoms with E-state index in [1.54, 1.807) is 0 Å². The van der Waals surface area contributed by atoms with Gasteiger partial charge in [-0.2, -0.15) is 0 Å². The molecule has 0 aliphatic carbocycles. The van der Waals surface area contributed by atoms with Crippen molar-refractivity contribution in [3.05, 3.63) is 90.6 Å². The number of nitrogens with zero attached hydrogens (tertiary/aromatic N) is 2. The van der Waals surface area contributed by atoms with E-state index in [0.717, 1.165) is 47.0 Å². The van der Waals surface area contributed by atoms with E-state index in [-0.39, 0.29) is 19.9 Å². The number of aromatic nitrogens is 1. The van der Waals surface area contributed by atoms with E-state index in [1.807, 2.05) is 30.5 Å². The van der Waals surface area contributed by atoms with Gasteiger partial charge in [0.2, 0.25) is 0 Å². The minimum absolute atomic E-state index is 0. The van der Waals surface area contributed by atoms with E-state index >= 15 is 0 Å². The number of rotatable bonds is 5. The van der Waals surface area contributed by atoms with Crippen molar-refractivity contribution >= 4 is 23.3 Å². The summed E-state index contributed by atoms with van der Waals surface area (Å²) >= 11 is 0. The summed E-state index contributed by atoms with van der Waals surface area (Å²) in [7, 11) is 0. The van der Waals surface area contributed by atoms with Crippen LogP contribution in [-0.2, 0) is 6.54 Å². The van der Waals surface area contributed by atoms with Gasteiger partial charge in [0.25, 0.3) is 0 Å². The fourth-order valence-electron chi connectivity index (χ4n) is 5.91. The largest absolute Gasteiger partial charge is 0.382 e. The standard InChI is InChI=1S/C26H29N2O.ClH.H2/c1-2-20-18-28(17-19-8-4-3-5-9-19)15-13-21(20)16-25(28)26(29)23-12-14-27-24-11-7-6-10-22(23)24;;/h2-12,14,20-21,25-26,29H,1,13,15-18H2;2*1H/q+1;;. The molecule has 3 nitrogen and oxygen atoms in total. The average Bonchev–Trinajstić information content (AvgIpc) is 2.78. The van der Waals surface area contributed by atoms with E-state index in [0.29, 0.717) is 11.8 Å². The molecule has 3 aliphatic rings. The molecule has 2 bridgehead atoms. The number of para-hydroxylation sites is 1. The molecule has 4 heterocycles. The van der Waals surface area contributed by atoms with E-state index in [2.05, 4.69) is 54.0 Å². The second kappa shape index (κ2) is 8.50. The van der Waals surface area contributed by atoms with Gasteiger partial charge in [-0.15, -0.1) is 19.0 Å². The molecule has 2 aromatic carbocycles. The maximum absolute atomic E-state index is 11.7. The lowest BCUT2D eigenvalue weighted by molar-refractivity contribution is -0.984. The van der Waals surface area contributed by atoms with Crippen LogP contribution in [0.5, 0.6) is 0 Å². The highest BCUT2D eigenvalue weighted by Crippen LogP contribution is 2.47. The third-order valence-electron chi connectivity index (χ3n) is 7.38. The Morgan fingerprint density at radius 2 is 1.90 bits per heavy atom. The SMILES string of the molecule is C=CC1C[N+]2(Cc3ccccc3)CCC1CC2C(O)c1ccnc2ccccc12.Cl.[HH]. The predicted octanol–water partition coefficient (Wildman–Crippen LogP) is 5.55. The zero-order chi connectivity index (χ0) is 19.8. The molecule has 0 radical (unpaired) electrons. The second-order valence-electron chi connectivity index (χ2n) is 8.88. The Morgan fingerprint density at radius 3 is 2.70 bits per heavy atom. The first-order chi connectivity index (χ1) is 14.2. The van der Waals surface area contributed by atoms with E-state index in [1.165, 1.54) is 12.0 Å². The summed E-state index contributed by atoms with van der Waals surface area (Å²) in [6, 6.07) is 21.2. The van der Waals surface area contributed by atoms with Gasteiger partial charge in [0.15, 0.2) is 0 Å². The monoisotopic (exact) mass is 423 g/mol. The first-order valence-corrected chi connectivity index (χ1v) is 10.7. The van der Waals surface area contributed by atoms with Crippen molar-refractivity contribution in [3.63, 3.8) is 0 Å². The number of quaternary nitrogens is 1. The zero-order valence-electron chi connectivity index (χ0n) is 17.2. The van der Waals surface area contributed by atoms with Gasteiger partial charge in [0.1, 0.15) is 18.7 Å². The number of fused-ring (bicyclic) bond motifs is 4. The molecule has 5 unspecified atom stereocenters. The molecule has 6 rings (SSSR count). The molecule has 158 valence electrons. The van der Waals surface area contributed by atoms with Crippen molar-refractivity contribution in [3.8, 4) is 0 Å². The summed E-state index contributed by atoms with van der Waals surface area (Å²) in [5, 5.41) is 12.8. The van der Waals surface area contributed by atoms with Gasteiger partial charge in [-0.1, -0.05) is 54.6 Å². The van der Waals surface area contributed by atoms with Crippen LogP contribution in [-0.4, -0.2) is 33.7 Å². The van der Waals surface area contributed by atoms with Crippen LogP contribution in [0.25, 0.3) is 10.9 Å². The fourth-order valence-corrected chi connectivity index (χ4v) is 5.91. The van der Waals surface area contributed by atoms with E-state index < -0.39 is 6.10 Å². The van der Waals surface area contributed by atoms with E-state index in [9.17, 15) is 5.11 Å². The summed E-state index contributed by atoms with van der Waals surface area (Å²) in [6.07, 6.45) is 5.79. The molecular weight excluding hydrogens is 392 g/mol. The fraction of sp³-hybridized carbons (Fsp3) is 0.346. The average molecular weight is 424 g/mol. The number of hydrogen-bond acceptors (Lipinski definition) is 2. The minimum Gasteiger partial charge on any atom is -0.382 e. The lowest BCUT2D eigenvalue weighted by Gasteiger charge is -2.58. The molecule has 3 saturated heterocycles. The Balaban J connectivity index is 0.00000136. The second-order valence-corrected chi connectivity index (χ2v) is 8.88. The lowest BCUT2D eigenvalue weighted by atomic mass is 9.71. The summed E-state index contributed by atoms with van der Waals surface area (Å²) in [4.78, 5) is 4.50.